The van der Waals surface area contributed by atoms with Gasteiger partial charge in [-0.1, -0.05) is 6.07 Å². The van der Waals surface area contributed by atoms with Crippen molar-refractivity contribution >= 4 is 5.82 Å². The molecule has 1 N–H and O–H groups in total. The lowest BCUT2D eigenvalue weighted by Crippen LogP contribution is -2.52. The molecule has 2 heterocycles. The maximum Gasteiger partial charge on any atom is 0.128 e. The molecule has 4 nitrogen and oxygen atoms in total. The van der Waals surface area contributed by atoms with Crippen molar-refractivity contribution in [1.29, 1.82) is 0 Å². The van der Waals surface area contributed by atoms with Gasteiger partial charge in [-0.2, -0.15) is 0 Å². The fraction of sp³-hybridized carbons (Fsp3) is 0.615. The molecule has 1 unspecified atom stereocenters. The Balaban J connectivity index is 2.15. The Labute approximate surface area is 102 Å². The van der Waals surface area contributed by atoms with E-state index in [1.54, 1.807) is 6.20 Å². The van der Waals surface area contributed by atoms with Crippen LogP contribution in [0, 0.1) is 0 Å². The fourth-order valence-corrected chi connectivity index (χ4v) is 2.33. The van der Waals surface area contributed by atoms with E-state index in [4.69, 9.17) is 9.84 Å². The van der Waals surface area contributed by atoms with Gasteiger partial charge in [0, 0.05) is 19.3 Å². The summed E-state index contributed by atoms with van der Waals surface area (Å²) in [5.74, 6) is 0.949. The standard InChI is InChI=1S/C13H20N2O2/c1-10-7-15(9-13(2,3)17-10)12-5-4-11(8-16)6-14-12/h4-6,10,16H,7-9H2,1-3H3. The fourth-order valence-electron chi connectivity index (χ4n) is 2.33. The van der Waals surface area contributed by atoms with Crippen LogP contribution in [0.4, 0.5) is 5.82 Å². The second kappa shape index (κ2) is 4.63. The highest BCUT2D eigenvalue weighted by molar-refractivity contribution is 5.40. The molecule has 1 aliphatic rings. The number of ether oxygens (including phenoxy) is 1. The summed E-state index contributed by atoms with van der Waals surface area (Å²) in [7, 11) is 0. The van der Waals surface area contributed by atoms with Crippen molar-refractivity contribution in [2.24, 2.45) is 0 Å². The third-order valence-electron chi connectivity index (χ3n) is 2.89. The molecular formula is C13H20N2O2. The Morgan fingerprint density at radius 1 is 1.53 bits per heavy atom. The quantitative estimate of drug-likeness (QED) is 0.846. The van der Waals surface area contributed by atoms with Gasteiger partial charge in [0.1, 0.15) is 5.82 Å². The minimum absolute atomic E-state index is 0.0400. The number of pyridine rings is 1. The van der Waals surface area contributed by atoms with Gasteiger partial charge in [-0.15, -0.1) is 0 Å². The number of nitrogens with zero attached hydrogens (tertiary/aromatic N) is 2. The molecule has 1 aromatic rings. The third kappa shape index (κ3) is 2.96. The highest BCUT2D eigenvalue weighted by atomic mass is 16.5. The number of hydrogen-bond acceptors (Lipinski definition) is 4. The number of anilines is 1. The zero-order valence-electron chi connectivity index (χ0n) is 10.7. The SMILES string of the molecule is CC1CN(c2ccc(CO)cn2)CC(C)(C)O1. The average Bonchev–Trinajstić information content (AvgIpc) is 2.26. The van der Waals surface area contributed by atoms with E-state index in [2.05, 4.69) is 30.7 Å². The number of hydrogen-bond donors (Lipinski definition) is 1. The molecule has 0 spiro atoms. The Bertz CT molecular complexity index is 376. The zero-order valence-corrected chi connectivity index (χ0v) is 10.7. The molecule has 0 radical (unpaired) electrons. The van der Waals surface area contributed by atoms with Gasteiger partial charge in [-0.25, -0.2) is 4.98 Å². The second-order valence-corrected chi connectivity index (χ2v) is 5.25. The van der Waals surface area contributed by atoms with Gasteiger partial charge < -0.3 is 14.7 Å². The lowest BCUT2D eigenvalue weighted by molar-refractivity contribution is -0.0751. The average molecular weight is 236 g/mol. The molecule has 94 valence electrons. The van der Waals surface area contributed by atoms with Gasteiger partial charge in [0.05, 0.1) is 18.3 Å². The molecule has 4 heteroatoms. The van der Waals surface area contributed by atoms with E-state index in [9.17, 15) is 0 Å². The van der Waals surface area contributed by atoms with E-state index in [0.717, 1.165) is 24.5 Å². The van der Waals surface area contributed by atoms with E-state index in [0.29, 0.717) is 0 Å². The molecule has 17 heavy (non-hydrogen) atoms. The predicted octanol–water partition coefficient (Wildman–Crippen LogP) is 1.58. The minimum Gasteiger partial charge on any atom is -0.392 e. The van der Waals surface area contributed by atoms with E-state index in [1.807, 2.05) is 12.1 Å². The van der Waals surface area contributed by atoms with E-state index in [1.165, 1.54) is 0 Å². The number of aliphatic hydroxyl groups excluding tert-OH is 1. The Morgan fingerprint density at radius 3 is 2.82 bits per heavy atom. The summed E-state index contributed by atoms with van der Waals surface area (Å²) >= 11 is 0. The van der Waals surface area contributed by atoms with Crippen LogP contribution < -0.4 is 4.90 Å². The molecule has 0 amide bonds. The Hall–Kier alpha value is -1.13. The number of aromatic nitrogens is 1. The van der Waals surface area contributed by atoms with Gasteiger partial charge in [0.2, 0.25) is 0 Å². The first-order chi connectivity index (χ1) is 8.00. The molecule has 2 rings (SSSR count). The molecule has 1 aromatic heterocycles. The number of rotatable bonds is 2. The minimum atomic E-state index is -0.144. The zero-order chi connectivity index (χ0) is 12.5. The van der Waals surface area contributed by atoms with Gasteiger partial charge in [-0.3, -0.25) is 0 Å². The van der Waals surface area contributed by atoms with Gasteiger partial charge in [-0.05, 0) is 32.4 Å². The molecular weight excluding hydrogens is 216 g/mol. The molecule has 1 fully saturated rings. The van der Waals surface area contributed by atoms with Crippen molar-refractivity contribution in [2.45, 2.75) is 39.1 Å². The van der Waals surface area contributed by atoms with Crippen molar-refractivity contribution in [2.75, 3.05) is 18.0 Å². The highest BCUT2D eigenvalue weighted by Crippen LogP contribution is 2.24. The molecule has 1 saturated heterocycles. The highest BCUT2D eigenvalue weighted by Gasteiger charge is 2.31. The maximum atomic E-state index is 8.99. The summed E-state index contributed by atoms with van der Waals surface area (Å²) < 4.78 is 5.86. The summed E-state index contributed by atoms with van der Waals surface area (Å²) in [6.07, 6.45) is 1.93. The summed E-state index contributed by atoms with van der Waals surface area (Å²) in [4.78, 5) is 6.62. The first-order valence-electron chi connectivity index (χ1n) is 5.99. The first-order valence-corrected chi connectivity index (χ1v) is 5.99. The summed E-state index contributed by atoms with van der Waals surface area (Å²) in [5.41, 5.74) is 0.698. The van der Waals surface area contributed by atoms with Crippen LogP contribution in [0.5, 0.6) is 0 Å². The topological polar surface area (TPSA) is 45.6 Å². The summed E-state index contributed by atoms with van der Waals surface area (Å²) in [6, 6.07) is 3.87. The smallest absolute Gasteiger partial charge is 0.128 e. The molecule has 0 bridgehead atoms. The molecule has 0 saturated carbocycles. The van der Waals surface area contributed by atoms with E-state index in [-0.39, 0.29) is 18.3 Å². The van der Waals surface area contributed by atoms with Crippen molar-refractivity contribution < 1.29 is 9.84 Å². The van der Waals surface area contributed by atoms with Gasteiger partial charge in [0.15, 0.2) is 0 Å². The van der Waals surface area contributed by atoms with Crippen molar-refractivity contribution in [3.05, 3.63) is 23.9 Å². The van der Waals surface area contributed by atoms with E-state index < -0.39 is 0 Å². The Morgan fingerprint density at radius 2 is 2.29 bits per heavy atom. The van der Waals surface area contributed by atoms with Gasteiger partial charge in [0.25, 0.3) is 0 Å². The molecule has 1 atom stereocenters. The third-order valence-corrected chi connectivity index (χ3v) is 2.89. The van der Waals surface area contributed by atoms with Crippen LogP contribution in [0.3, 0.4) is 0 Å². The summed E-state index contributed by atoms with van der Waals surface area (Å²) in [5, 5.41) is 8.99. The van der Waals surface area contributed by atoms with Crippen LogP contribution in [-0.4, -0.2) is 34.9 Å². The van der Waals surface area contributed by atoms with Gasteiger partial charge >= 0.3 is 0 Å². The lowest BCUT2D eigenvalue weighted by Gasteiger charge is -2.42. The summed E-state index contributed by atoms with van der Waals surface area (Å²) in [6.45, 7) is 8.00. The van der Waals surface area contributed by atoms with Crippen molar-refractivity contribution in [1.82, 2.24) is 4.98 Å². The van der Waals surface area contributed by atoms with Crippen LogP contribution in [0.15, 0.2) is 18.3 Å². The second-order valence-electron chi connectivity index (χ2n) is 5.25. The largest absolute Gasteiger partial charge is 0.392 e. The maximum absolute atomic E-state index is 8.99. The molecule has 0 aromatic carbocycles. The van der Waals surface area contributed by atoms with Crippen molar-refractivity contribution in [3.8, 4) is 0 Å². The predicted molar refractivity (Wildman–Crippen MR) is 67.0 cm³/mol. The van der Waals surface area contributed by atoms with Crippen LogP contribution in [-0.2, 0) is 11.3 Å². The normalized spacial score (nSPS) is 23.8. The van der Waals surface area contributed by atoms with Crippen LogP contribution >= 0.6 is 0 Å². The lowest BCUT2D eigenvalue weighted by atomic mass is 10.1. The first kappa shape index (κ1) is 12.3. The van der Waals surface area contributed by atoms with Crippen LogP contribution in [0.1, 0.15) is 26.3 Å². The number of morpholine rings is 1. The monoisotopic (exact) mass is 236 g/mol. The number of aliphatic hydroxyl groups is 1. The molecule has 1 aliphatic heterocycles. The van der Waals surface area contributed by atoms with E-state index >= 15 is 0 Å². The van der Waals surface area contributed by atoms with Crippen LogP contribution in [0.25, 0.3) is 0 Å². The Kier molecular flexibility index (Phi) is 3.35. The van der Waals surface area contributed by atoms with Crippen LogP contribution in [0.2, 0.25) is 0 Å². The molecule has 0 aliphatic carbocycles. The van der Waals surface area contributed by atoms with Crippen molar-refractivity contribution in [3.63, 3.8) is 0 Å².